The number of benzene rings is 1. The van der Waals surface area contributed by atoms with Crippen LogP contribution >= 0.6 is 11.6 Å². The zero-order valence-electron chi connectivity index (χ0n) is 17.2. The highest BCUT2D eigenvalue weighted by atomic mass is 35.5. The molecule has 0 aliphatic carbocycles. The highest BCUT2D eigenvalue weighted by Crippen LogP contribution is 2.28. The highest BCUT2D eigenvalue weighted by Gasteiger charge is 2.30. The van der Waals surface area contributed by atoms with Crippen molar-refractivity contribution in [2.75, 3.05) is 32.8 Å². The Kier molecular flexibility index (Phi) is 7.38. The second kappa shape index (κ2) is 9.64. The molecule has 0 N–H and O–H groups in total. The third kappa shape index (κ3) is 5.32. The van der Waals surface area contributed by atoms with Crippen LogP contribution in [0, 0.1) is 0 Å². The summed E-state index contributed by atoms with van der Waals surface area (Å²) in [5, 5.41) is 0.0458. The molecule has 2 atom stereocenters. The van der Waals surface area contributed by atoms with Crippen LogP contribution < -0.4 is 0 Å². The number of sulfonamides is 1. The van der Waals surface area contributed by atoms with E-state index in [1.54, 1.807) is 4.90 Å². The summed E-state index contributed by atoms with van der Waals surface area (Å²) in [6, 6.07) is 3.98. The van der Waals surface area contributed by atoms with Gasteiger partial charge in [0.1, 0.15) is 4.90 Å². The summed E-state index contributed by atoms with van der Waals surface area (Å²) >= 11 is 6.13. The topological polar surface area (TPSA) is 93.2 Å². The molecule has 2 heterocycles. The molecule has 0 unspecified atom stereocenters. The van der Waals surface area contributed by atoms with Gasteiger partial charge in [-0.2, -0.15) is 4.31 Å². The molecule has 1 aromatic carbocycles. The van der Waals surface area contributed by atoms with Crippen molar-refractivity contribution in [2.24, 2.45) is 0 Å². The molecule has 10 heteroatoms. The molecular weight excluding hydrogens is 432 g/mol. The quantitative estimate of drug-likeness (QED) is 0.628. The summed E-state index contributed by atoms with van der Waals surface area (Å²) < 4.78 is 38.0. The van der Waals surface area contributed by atoms with Crippen LogP contribution in [-0.4, -0.2) is 74.5 Å². The Morgan fingerprint density at radius 1 is 1.13 bits per heavy atom. The molecule has 2 fully saturated rings. The average molecular weight is 459 g/mol. The first-order valence-electron chi connectivity index (χ1n) is 10.1. The van der Waals surface area contributed by atoms with Crippen LogP contribution in [0.4, 0.5) is 0 Å². The van der Waals surface area contributed by atoms with Gasteiger partial charge in [0.05, 0.1) is 22.8 Å². The molecule has 2 saturated heterocycles. The number of morpholine rings is 1. The maximum absolute atomic E-state index is 12.9. The van der Waals surface area contributed by atoms with Crippen LogP contribution in [0.3, 0.4) is 0 Å². The van der Waals surface area contributed by atoms with Crippen molar-refractivity contribution in [1.82, 2.24) is 9.21 Å². The Hall–Kier alpha value is -1.68. The predicted molar refractivity (Wildman–Crippen MR) is 111 cm³/mol. The van der Waals surface area contributed by atoms with Crippen LogP contribution in [0.5, 0.6) is 0 Å². The van der Waals surface area contributed by atoms with Gasteiger partial charge in [-0.05, 0) is 44.9 Å². The Morgan fingerprint density at radius 3 is 2.40 bits per heavy atom. The fourth-order valence-corrected chi connectivity index (χ4v) is 5.77. The Bertz CT molecular complexity index is 891. The maximum Gasteiger partial charge on any atom is 0.338 e. The third-order valence-corrected chi connectivity index (χ3v) is 7.58. The molecule has 8 nitrogen and oxygen atoms in total. The molecule has 0 aromatic heterocycles. The van der Waals surface area contributed by atoms with Gasteiger partial charge < -0.3 is 14.4 Å². The first-order chi connectivity index (χ1) is 14.2. The molecule has 30 heavy (non-hydrogen) atoms. The smallest absolute Gasteiger partial charge is 0.338 e. The Morgan fingerprint density at radius 2 is 1.77 bits per heavy atom. The van der Waals surface area contributed by atoms with Crippen molar-refractivity contribution in [1.29, 1.82) is 0 Å². The molecule has 166 valence electrons. The summed E-state index contributed by atoms with van der Waals surface area (Å²) in [7, 11) is -3.80. The van der Waals surface area contributed by atoms with Gasteiger partial charge in [0.15, 0.2) is 6.61 Å². The number of carbonyl (C=O) groups is 2. The average Bonchev–Trinajstić information content (AvgIpc) is 2.71. The zero-order chi connectivity index (χ0) is 21.9. The van der Waals surface area contributed by atoms with Gasteiger partial charge in [0.2, 0.25) is 10.0 Å². The lowest BCUT2D eigenvalue weighted by atomic mass is 10.2. The van der Waals surface area contributed by atoms with E-state index in [2.05, 4.69) is 0 Å². The fourth-order valence-electron chi connectivity index (χ4n) is 3.76. The van der Waals surface area contributed by atoms with Crippen molar-refractivity contribution < 1.29 is 27.5 Å². The second-order valence-electron chi connectivity index (χ2n) is 7.74. The van der Waals surface area contributed by atoms with E-state index in [1.165, 1.54) is 22.5 Å². The minimum atomic E-state index is -3.80. The molecule has 1 amide bonds. The van der Waals surface area contributed by atoms with Crippen molar-refractivity contribution in [3.05, 3.63) is 28.8 Å². The van der Waals surface area contributed by atoms with Gasteiger partial charge in [-0.15, -0.1) is 0 Å². The van der Waals surface area contributed by atoms with E-state index in [9.17, 15) is 18.0 Å². The summed E-state index contributed by atoms with van der Waals surface area (Å²) in [5.74, 6) is -1.09. The number of rotatable bonds is 5. The number of esters is 1. The molecule has 0 spiro atoms. The monoisotopic (exact) mass is 458 g/mol. The van der Waals surface area contributed by atoms with E-state index < -0.39 is 22.6 Å². The maximum atomic E-state index is 12.9. The van der Waals surface area contributed by atoms with E-state index >= 15 is 0 Å². The Labute approximate surface area is 182 Å². The molecule has 2 aliphatic rings. The lowest BCUT2D eigenvalue weighted by Crippen LogP contribution is -2.49. The highest BCUT2D eigenvalue weighted by molar-refractivity contribution is 7.89. The van der Waals surface area contributed by atoms with Gasteiger partial charge in [-0.3, -0.25) is 4.79 Å². The van der Waals surface area contributed by atoms with Crippen molar-refractivity contribution >= 4 is 33.5 Å². The largest absolute Gasteiger partial charge is 0.452 e. The van der Waals surface area contributed by atoms with Gasteiger partial charge in [0.25, 0.3) is 5.91 Å². The Balaban J connectivity index is 1.68. The number of nitrogens with zero attached hydrogens (tertiary/aromatic N) is 2. The van der Waals surface area contributed by atoms with Gasteiger partial charge in [0, 0.05) is 26.2 Å². The standard InChI is InChI=1S/C20H27ClN2O6S/c1-14-11-22(12-15(2)29-14)19(24)13-28-20(25)16-6-7-17(21)18(10-16)30(26,27)23-8-4-3-5-9-23/h6-7,10,14-15H,3-5,8-9,11-13H2,1-2H3/t14-,15-/m1/s1. The molecule has 0 bridgehead atoms. The molecule has 1 aromatic rings. The van der Waals surface area contributed by atoms with E-state index in [0.29, 0.717) is 26.2 Å². The summed E-state index contributed by atoms with van der Waals surface area (Å²) in [6.45, 7) is 5.05. The van der Waals surface area contributed by atoms with Gasteiger partial charge in [-0.25, -0.2) is 13.2 Å². The van der Waals surface area contributed by atoms with E-state index in [0.717, 1.165) is 19.3 Å². The normalized spacial score (nSPS) is 23.2. The molecule has 3 rings (SSSR count). The molecular formula is C20H27ClN2O6S. The lowest BCUT2D eigenvalue weighted by Gasteiger charge is -2.35. The number of piperidine rings is 1. The lowest BCUT2D eigenvalue weighted by molar-refractivity contribution is -0.146. The summed E-state index contributed by atoms with van der Waals surface area (Å²) in [5.41, 5.74) is 0.0338. The molecule has 0 saturated carbocycles. The van der Waals surface area contributed by atoms with E-state index in [-0.39, 0.29) is 33.6 Å². The third-order valence-electron chi connectivity index (χ3n) is 5.20. The minimum absolute atomic E-state index is 0.0338. The van der Waals surface area contributed by atoms with Crippen LogP contribution in [-0.2, 0) is 24.3 Å². The number of hydrogen-bond acceptors (Lipinski definition) is 6. The summed E-state index contributed by atoms with van der Waals surface area (Å²) in [4.78, 5) is 26.3. The molecule has 0 radical (unpaired) electrons. The predicted octanol–water partition coefficient (Wildman–Crippen LogP) is 2.31. The van der Waals surface area contributed by atoms with Crippen molar-refractivity contribution in [3.63, 3.8) is 0 Å². The zero-order valence-corrected chi connectivity index (χ0v) is 18.7. The second-order valence-corrected chi connectivity index (χ2v) is 10.1. The number of carbonyl (C=O) groups excluding carboxylic acids is 2. The van der Waals surface area contributed by atoms with Gasteiger partial charge in [-0.1, -0.05) is 18.0 Å². The van der Waals surface area contributed by atoms with E-state index in [4.69, 9.17) is 21.1 Å². The van der Waals surface area contributed by atoms with Crippen LogP contribution in [0.15, 0.2) is 23.1 Å². The minimum Gasteiger partial charge on any atom is -0.452 e. The van der Waals surface area contributed by atoms with Crippen LogP contribution in [0.1, 0.15) is 43.5 Å². The first kappa shape index (κ1) is 23.0. The number of ether oxygens (including phenoxy) is 2. The summed E-state index contributed by atoms with van der Waals surface area (Å²) in [6.07, 6.45) is 2.39. The number of hydrogen-bond donors (Lipinski definition) is 0. The van der Waals surface area contributed by atoms with Crippen LogP contribution in [0.2, 0.25) is 5.02 Å². The molecule has 2 aliphatic heterocycles. The first-order valence-corrected chi connectivity index (χ1v) is 11.9. The van der Waals surface area contributed by atoms with E-state index in [1.807, 2.05) is 13.8 Å². The SMILES string of the molecule is C[C@@H]1CN(C(=O)COC(=O)c2ccc(Cl)c(S(=O)(=O)N3CCCCC3)c2)C[C@@H](C)O1. The van der Waals surface area contributed by atoms with Crippen molar-refractivity contribution in [2.45, 2.75) is 50.2 Å². The number of amides is 1. The van der Waals surface area contributed by atoms with Gasteiger partial charge >= 0.3 is 5.97 Å². The van der Waals surface area contributed by atoms with Crippen molar-refractivity contribution in [3.8, 4) is 0 Å². The number of halogens is 1. The van der Waals surface area contributed by atoms with Crippen LogP contribution in [0.25, 0.3) is 0 Å². The fraction of sp³-hybridized carbons (Fsp3) is 0.600.